The van der Waals surface area contributed by atoms with E-state index in [1.54, 1.807) is 0 Å². The van der Waals surface area contributed by atoms with Gasteiger partial charge in [0, 0.05) is 24.0 Å². The van der Waals surface area contributed by atoms with Gasteiger partial charge >= 0.3 is 0 Å². The average molecular weight is 217 g/mol. The summed E-state index contributed by atoms with van der Waals surface area (Å²) < 4.78 is 0. The number of rotatable bonds is 4. The van der Waals surface area contributed by atoms with Gasteiger partial charge in [-0.05, 0) is 38.5 Å². The standard InChI is InChI=1S/C13H19N3/c1-10(2)16(8-4-7-14)13-9-12(15)6-5-11(13)3/h5-6,9-10H,4,8,15H2,1-3H3. The molecule has 0 radical (unpaired) electrons. The molecule has 0 aromatic heterocycles. The first-order chi connectivity index (χ1) is 7.56. The Kier molecular flexibility index (Phi) is 4.19. The van der Waals surface area contributed by atoms with E-state index in [0.29, 0.717) is 12.5 Å². The summed E-state index contributed by atoms with van der Waals surface area (Å²) in [6.07, 6.45) is 0.534. The first kappa shape index (κ1) is 12.4. The molecule has 0 spiro atoms. The van der Waals surface area contributed by atoms with Gasteiger partial charge in [0.05, 0.1) is 12.5 Å². The number of nitrogens with zero attached hydrogens (tertiary/aromatic N) is 2. The summed E-state index contributed by atoms with van der Waals surface area (Å²) in [6.45, 7) is 7.06. The van der Waals surface area contributed by atoms with Crippen molar-refractivity contribution in [2.75, 3.05) is 17.2 Å². The lowest BCUT2D eigenvalue weighted by Gasteiger charge is -2.29. The van der Waals surface area contributed by atoms with E-state index >= 15 is 0 Å². The van der Waals surface area contributed by atoms with Crippen molar-refractivity contribution in [2.24, 2.45) is 0 Å². The van der Waals surface area contributed by atoms with Crippen LogP contribution in [0.1, 0.15) is 25.8 Å². The highest BCUT2D eigenvalue weighted by Crippen LogP contribution is 2.24. The van der Waals surface area contributed by atoms with Crippen LogP contribution in [-0.2, 0) is 0 Å². The summed E-state index contributed by atoms with van der Waals surface area (Å²) in [5.74, 6) is 0. The number of nitriles is 1. The molecule has 1 aromatic carbocycles. The Hall–Kier alpha value is -1.69. The minimum Gasteiger partial charge on any atom is -0.399 e. The Balaban J connectivity index is 3.01. The van der Waals surface area contributed by atoms with Gasteiger partial charge in [0.1, 0.15) is 0 Å². The van der Waals surface area contributed by atoms with Gasteiger partial charge < -0.3 is 10.6 Å². The molecular formula is C13H19N3. The van der Waals surface area contributed by atoms with Crippen LogP contribution in [0.5, 0.6) is 0 Å². The highest BCUT2D eigenvalue weighted by atomic mass is 15.1. The highest BCUT2D eigenvalue weighted by molar-refractivity contribution is 5.61. The lowest BCUT2D eigenvalue weighted by atomic mass is 10.1. The molecule has 0 aliphatic rings. The van der Waals surface area contributed by atoms with Crippen molar-refractivity contribution in [1.82, 2.24) is 0 Å². The fourth-order valence-electron chi connectivity index (χ4n) is 1.76. The van der Waals surface area contributed by atoms with Crippen LogP contribution in [-0.4, -0.2) is 12.6 Å². The third kappa shape index (κ3) is 2.90. The Morgan fingerprint density at radius 1 is 1.44 bits per heavy atom. The predicted molar refractivity (Wildman–Crippen MR) is 68.3 cm³/mol. The summed E-state index contributed by atoms with van der Waals surface area (Å²) in [4.78, 5) is 2.22. The van der Waals surface area contributed by atoms with Gasteiger partial charge in [-0.1, -0.05) is 6.07 Å². The number of nitrogens with two attached hydrogens (primary N) is 1. The third-order valence-corrected chi connectivity index (χ3v) is 2.63. The predicted octanol–water partition coefficient (Wildman–Crippen LogP) is 2.71. The lowest BCUT2D eigenvalue weighted by molar-refractivity contribution is 0.685. The number of aryl methyl sites for hydroxylation is 1. The van der Waals surface area contributed by atoms with Crippen molar-refractivity contribution >= 4 is 11.4 Å². The van der Waals surface area contributed by atoms with Crippen molar-refractivity contribution < 1.29 is 0 Å². The Morgan fingerprint density at radius 2 is 2.12 bits per heavy atom. The van der Waals surface area contributed by atoms with Crippen LogP contribution in [0.4, 0.5) is 11.4 Å². The molecule has 0 amide bonds. The molecule has 0 aliphatic carbocycles. The summed E-state index contributed by atoms with van der Waals surface area (Å²) >= 11 is 0. The van der Waals surface area contributed by atoms with E-state index in [1.807, 2.05) is 18.2 Å². The molecule has 0 fully saturated rings. The van der Waals surface area contributed by atoms with Crippen molar-refractivity contribution in [1.29, 1.82) is 5.26 Å². The summed E-state index contributed by atoms with van der Waals surface area (Å²) in [5, 5.41) is 8.67. The van der Waals surface area contributed by atoms with E-state index in [0.717, 1.165) is 17.9 Å². The van der Waals surface area contributed by atoms with Crippen molar-refractivity contribution in [3.63, 3.8) is 0 Å². The van der Waals surface area contributed by atoms with Crippen LogP contribution in [0.15, 0.2) is 18.2 Å². The molecule has 86 valence electrons. The van der Waals surface area contributed by atoms with Crippen LogP contribution in [0.2, 0.25) is 0 Å². The van der Waals surface area contributed by atoms with E-state index in [9.17, 15) is 0 Å². The van der Waals surface area contributed by atoms with Crippen LogP contribution in [0.3, 0.4) is 0 Å². The van der Waals surface area contributed by atoms with Crippen molar-refractivity contribution in [2.45, 2.75) is 33.2 Å². The van der Waals surface area contributed by atoms with Crippen LogP contribution >= 0.6 is 0 Å². The second kappa shape index (κ2) is 5.41. The molecule has 0 heterocycles. The zero-order valence-corrected chi connectivity index (χ0v) is 10.2. The van der Waals surface area contributed by atoms with E-state index < -0.39 is 0 Å². The van der Waals surface area contributed by atoms with Crippen LogP contribution < -0.4 is 10.6 Å². The largest absolute Gasteiger partial charge is 0.399 e. The summed E-state index contributed by atoms with van der Waals surface area (Å²) in [7, 11) is 0. The van der Waals surface area contributed by atoms with Crippen LogP contribution in [0, 0.1) is 18.3 Å². The average Bonchev–Trinajstić information content (AvgIpc) is 2.23. The molecule has 1 aromatic rings. The van der Waals surface area contributed by atoms with Gasteiger partial charge in [-0.3, -0.25) is 0 Å². The quantitative estimate of drug-likeness (QED) is 0.789. The van der Waals surface area contributed by atoms with E-state index in [4.69, 9.17) is 11.0 Å². The third-order valence-electron chi connectivity index (χ3n) is 2.63. The number of nitrogen functional groups attached to an aromatic ring is 1. The number of hydrogen-bond acceptors (Lipinski definition) is 3. The zero-order chi connectivity index (χ0) is 12.1. The van der Waals surface area contributed by atoms with E-state index in [1.165, 1.54) is 5.56 Å². The molecule has 0 bridgehead atoms. The maximum absolute atomic E-state index is 8.67. The topological polar surface area (TPSA) is 53.0 Å². The number of benzene rings is 1. The normalized spacial score (nSPS) is 10.2. The zero-order valence-electron chi connectivity index (χ0n) is 10.2. The molecule has 3 nitrogen and oxygen atoms in total. The van der Waals surface area contributed by atoms with Gasteiger partial charge in [-0.2, -0.15) is 5.26 Å². The monoisotopic (exact) mass is 217 g/mol. The molecular weight excluding hydrogens is 198 g/mol. The molecule has 1 rings (SSSR count). The van der Waals surface area contributed by atoms with E-state index in [-0.39, 0.29) is 0 Å². The Bertz CT molecular complexity index is 391. The van der Waals surface area contributed by atoms with Gasteiger partial charge in [0.15, 0.2) is 0 Å². The van der Waals surface area contributed by atoms with Gasteiger partial charge in [0.25, 0.3) is 0 Å². The van der Waals surface area contributed by atoms with Gasteiger partial charge in [-0.25, -0.2) is 0 Å². The molecule has 2 N–H and O–H groups in total. The van der Waals surface area contributed by atoms with Crippen molar-refractivity contribution in [3.05, 3.63) is 23.8 Å². The number of anilines is 2. The molecule has 0 atom stereocenters. The molecule has 0 saturated carbocycles. The molecule has 16 heavy (non-hydrogen) atoms. The van der Waals surface area contributed by atoms with Gasteiger partial charge in [0.2, 0.25) is 0 Å². The SMILES string of the molecule is Cc1ccc(N)cc1N(CCC#N)C(C)C. The summed E-state index contributed by atoms with van der Waals surface area (Å²) in [6, 6.07) is 8.46. The Morgan fingerprint density at radius 3 is 2.69 bits per heavy atom. The minimum absolute atomic E-state index is 0.369. The second-order valence-corrected chi connectivity index (χ2v) is 4.24. The highest BCUT2D eigenvalue weighted by Gasteiger charge is 2.12. The molecule has 0 saturated heterocycles. The minimum atomic E-state index is 0.369. The maximum Gasteiger partial charge on any atom is 0.0640 e. The van der Waals surface area contributed by atoms with Gasteiger partial charge in [-0.15, -0.1) is 0 Å². The summed E-state index contributed by atoms with van der Waals surface area (Å²) in [5.41, 5.74) is 8.89. The first-order valence-corrected chi connectivity index (χ1v) is 5.56. The second-order valence-electron chi connectivity index (χ2n) is 4.24. The fourth-order valence-corrected chi connectivity index (χ4v) is 1.76. The smallest absolute Gasteiger partial charge is 0.0640 e. The molecule has 0 unspecified atom stereocenters. The van der Waals surface area contributed by atoms with Crippen LogP contribution in [0.25, 0.3) is 0 Å². The Labute approximate surface area is 97.5 Å². The molecule has 0 aliphatic heterocycles. The van der Waals surface area contributed by atoms with E-state index in [2.05, 4.69) is 31.7 Å². The lowest BCUT2D eigenvalue weighted by Crippen LogP contribution is -2.32. The van der Waals surface area contributed by atoms with Crippen molar-refractivity contribution in [3.8, 4) is 6.07 Å². The first-order valence-electron chi connectivity index (χ1n) is 5.56. The fraction of sp³-hybridized carbons (Fsp3) is 0.462. The number of hydrogen-bond donors (Lipinski definition) is 1. The molecule has 3 heteroatoms. The maximum atomic E-state index is 8.67.